The van der Waals surface area contributed by atoms with Crippen LogP contribution in [0.2, 0.25) is 0 Å². The fourth-order valence-corrected chi connectivity index (χ4v) is 5.34. The molecule has 1 unspecified atom stereocenters. The Kier molecular flexibility index (Phi) is 8.82. The third-order valence-corrected chi connectivity index (χ3v) is 7.59. The molecule has 0 spiro atoms. The van der Waals surface area contributed by atoms with Crippen LogP contribution in [0.15, 0.2) is 95.9 Å². The first kappa shape index (κ1) is 26.1. The minimum Gasteiger partial charge on any atom is -0.366 e. The third-order valence-electron chi connectivity index (χ3n) is 7.03. The highest BCUT2D eigenvalue weighted by Gasteiger charge is 2.17. The highest BCUT2D eigenvalue weighted by Crippen LogP contribution is 2.30. The highest BCUT2D eigenvalue weighted by molar-refractivity contribution is 9.10. The van der Waals surface area contributed by atoms with Gasteiger partial charge in [-0.2, -0.15) is 9.61 Å². The molecule has 0 saturated heterocycles. The smallest absolute Gasteiger partial charge is 0.171 e. The molecule has 2 aromatic carbocycles. The van der Waals surface area contributed by atoms with Crippen molar-refractivity contribution in [1.29, 1.82) is 0 Å². The van der Waals surface area contributed by atoms with Crippen LogP contribution in [0.3, 0.4) is 0 Å². The lowest BCUT2D eigenvalue weighted by Gasteiger charge is -2.18. The van der Waals surface area contributed by atoms with Gasteiger partial charge in [0, 0.05) is 36.6 Å². The minimum absolute atomic E-state index is 0.422. The molecule has 0 bridgehead atoms. The number of aromatic nitrogens is 4. The fourth-order valence-electron chi connectivity index (χ4n) is 4.99. The molecular formula is C32H34BrN5. The number of anilines is 1. The molecule has 0 aliphatic heterocycles. The Morgan fingerprint density at radius 1 is 0.868 bits per heavy atom. The summed E-state index contributed by atoms with van der Waals surface area (Å²) in [4.78, 5) is 9.28. The molecule has 0 aliphatic rings. The standard InChI is InChI=1S/C32H34BrN5/c1-2-9-28(14-7-6-10-24-15-17-27(18-16-24)26-12-4-3-5-13-26)30-20-31(35-22-25-11-8-19-34-21-25)38-32(37-30)29(33)23-36-38/h3-5,8,11-13,15-21,23,28,35H,2,6-7,9-10,14,22H2,1H3. The van der Waals surface area contributed by atoms with E-state index in [9.17, 15) is 0 Å². The SMILES string of the molecule is CCCC(CCCCc1ccc(-c2ccccc2)cc1)c1cc(NCc2cccnc2)n2ncc(Br)c2n1. The Balaban J connectivity index is 1.24. The molecule has 3 heterocycles. The molecule has 38 heavy (non-hydrogen) atoms. The maximum atomic E-state index is 5.05. The number of hydrogen-bond donors (Lipinski definition) is 1. The van der Waals surface area contributed by atoms with Gasteiger partial charge in [0.05, 0.1) is 10.7 Å². The van der Waals surface area contributed by atoms with Gasteiger partial charge in [-0.05, 0) is 69.9 Å². The number of aryl methyl sites for hydroxylation is 1. The van der Waals surface area contributed by atoms with Crippen LogP contribution in [-0.4, -0.2) is 19.6 Å². The van der Waals surface area contributed by atoms with E-state index in [1.165, 1.54) is 29.5 Å². The van der Waals surface area contributed by atoms with Crippen LogP contribution in [0, 0.1) is 0 Å². The molecule has 194 valence electrons. The topological polar surface area (TPSA) is 55.1 Å². The molecule has 0 amide bonds. The second kappa shape index (κ2) is 12.8. The van der Waals surface area contributed by atoms with E-state index in [1.807, 2.05) is 23.0 Å². The number of hydrogen-bond acceptors (Lipinski definition) is 4. The summed E-state index contributed by atoms with van der Waals surface area (Å²) < 4.78 is 2.80. The molecule has 1 N–H and O–H groups in total. The van der Waals surface area contributed by atoms with Crippen molar-refractivity contribution < 1.29 is 0 Å². The molecule has 0 aliphatic carbocycles. The summed E-state index contributed by atoms with van der Waals surface area (Å²) in [5, 5.41) is 8.10. The van der Waals surface area contributed by atoms with Crippen molar-refractivity contribution in [3.63, 3.8) is 0 Å². The second-order valence-corrected chi connectivity index (χ2v) is 10.7. The molecule has 3 aromatic heterocycles. The molecule has 5 nitrogen and oxygen atoms in total. The van der Waals surface area contributed by atoms with Crippen molar-refractivity contribution in [3.8, 4) is 11.1 Å². The van der Waals surface area contributed by atoms with Gasteiger partial charge in [-0.1, -0.05) is 80.4 Å². The lowest BCUT2D eigenvalue weighted by atomic mass is 9.92. The average Bonchev–Trinajstić information content (AvgIpc) is 3.35. The predicted octanol–water partition coefficient (Wildman–Crippen LogP) is 8.46. The highest BCUT2D eigenvalue weighted by atomic mass is 79.9. The molecule has 5 rings (SSSR count). The van der Waals surface area contributed by atoms with Crippen molar-refractivity contribution in [2.45, 2.75) is 57.9 Å². The summed E-state index contributed by atoms with van der Waals surface area (Å²) in [6.45, 7) is 2.95. The third kappa shape index (κ3) is 6.48. The number of halogens is 1. The van der Waals surface area contributed by atoms with E-state index in [4.69, 9.17) is 4.98 Å². The van der Waals surface area contributed by atoms with E-state index in [-0.39, 0.29) is 0 Å². The molecule has 6 heteroatoms. The number of nitrogens with one attached hydrogen (secondary N) is 1. The minimum atomic E-state index is 0.422. The van der Waals surface area contributed by atoms with Crippen molar-refractivity contribution in [2.75, 3.05) is 5.32 Å². The van der Waals surface area contributed by atoms with Crippen molar-refractivity contribution in [3.05, 3.63) is 113 Å². The van der Waals surface area contributed by atoms with Crippen molar-refractivity contribution in [2.24, 2.45) is 0 Å². The first-order chi connectivity index (χ1) is 18.7. The Morgan fingerprint density at radius 2 is 1.68 bits per heavy atom. The van der Waals surface area contributed by atoms with Gasteiger partial charge in [0.25, 0.3) is 0 Å². The first-order valence-corrected chi connectivity index (χ1v) is 14.3. The van der Waals surface area contributed by atoms with Gasteiger partial charge in [-0.25, -0.2) is 4.98 Å². The molecule has 1 atom stereocenters. The Morgan fingerprint density at radius 3 is 2.45 bits per heavy atom. The quantitative estimate of drug-likeness (QED) is 0.153. The van der Waals surface area contributed by atoms with Crippen LogP contribution in [0.1, 0.15) is 61.8 Å². The summed E-state index contributed by atoms with van der Waals surface area (Å²) in [5.74, 6) is 1.38. The van der Waals surface area contributed by atoms with Gasteiger partial charge in [-0.3, -0.25) is 4.98 Å². The monoisotopic (exact) mass is 567 g/mol. The summed E-state index contributed by atoms with van der Waals surface area (Å²) in [5.41, 5.74) is 7.08. The lowest BCUT2D eigenvalue weighted by Crippen LogP contribution is -2.10. The van der Waals surface area contributed by atoms with Crippen LogP contribution < -0.4 is 5.32 Å². The zero-order valence-electron chi connectivity index (χ0n) is 21.9. The largest absolute Gasteiger partial charge is 0.366 e. The van der Waals surface area contributed by atoms with Crippen LogP contribution in [0.4, 0.5) is 5.82 Å². The summed E-state index contributed by atoms with van der Waals surface area (Å²) in [7, 11) is 0. The number of unbranched alkanes of at least 4 members (excludes halogenated alkanes) is 1. The van der Waals surface area contributed by atoms with Gasteiger partial charge in [0.1, 0.15) is 5.82 Å². The zero-order valence-corrected chi connectivity index (χ0v) is 23.4. The van der Waals surface area contributed by atoms with Gasteiger partial charge in [0.2, 0.25) is 0 Å². The Bertz CT molecular complexity index is 1430. The molecule has 5 aromatic rings. The number of fused-ring (bicyclic) bond motifs is 1. The van der Waals surface area contributed by atoms with Gasteiger partial charge in [-0.15, -0.1) is 0 Å². The number of nitrogens with zero attached hydrogens (tertiary/aromatic N) is 4. The van der Waals surface area contributed by atoms with E-state index >= 15 is 0 Å². The predicted molar refractivity (Wildman–Crippen MR) is 159 cm³/mol. The van der Waals surface area contributed by atoms with E-state index < -0.39 is 0 Å². The maximum absolute atomic E-state index is 5.05. The van der Waals surface area contributed by atoms with Crippen molar-refractivity contribution in [1.82, 2.24) is 19.6 Å². The molecule has 0 saturated carbocycles. The normalized spacial score (nSPS) is 12.1. The number of benzene rings is 2. The first-order valence-electron chi connectivity index (χ1n) is 13.5. The van der Waals surface area contributed by atoms with Crippen LogP contribution >= 0.6 is 15.9 Å². The molecule has 0 radical (unpaired) electrons. The Labute approximate surface area is 233 Å². The maximum Gasteiger partial charge on any atom is 0.171 e. The Hall–Kier alpha value is -3.51. The van der Waals surface area contributed by atoms with Crippen LogP contribution in [0.5, 0.6) is 0 Å². The summed E-state index contributed by atoms with van der Waals surface area (Å²) in [6.07, 6.45) is 12.4. The van der Waals surface area contributed by atoms with Gasteiger partial charge < -0.3 is 5.32 Å². The van der Waals surface area contributed by atoms with E-state index in [1.54, 1.807) is 6.20 Å². The molecule has 0 fully saturated rings. The number of rotatable bonds is 12. The summed E-state index contributed by atoms with van der Waals surface area (Å²) >= 11 is 3.65. The van der Waals surface area contributed by atoms with Gasteiger partial charge >= 0.3 is 0 Å². The van der Waals surface area contributed by atoms with E-state index in [2.05, 4.69) is 105 Å². The van der Waals surface area contributed by atoms with Gasteiger partial charge in [0.15, 0.2) is 5.65 Å². The lowest BCUT2D eigenvalue weighted by molar-refractivity contribution is 0.522. The number of pyridine rings is 1. The van der Waals surface area contributed by atoms with Crippen LogP contribution in [-0.2, 0) is 13.0 Å². The fraction of sp³-hybridized carbons (Fsp3) is 0.281. The average molecular weight is 569 g/mol. The van der Waals surface area contributed by atoms with Crippen LogP contribution in [0.25, 0.3) is 16.8 Å². The second-order valence-electron chi connectivity index (χ2n) is 9.80. The summed E-state index contributed by atoms with van der Waals surface area (Å²) in [6, 6.07) is 25.8. The molecular weight excluding hydrogens is 534 g/mol. The van der Waals surface area contributed by atoms with E-state index in [0.29, 0.717) is 12.5 Å². The van der Waals surface area contributed by atoms with E-state index in [0.717, 1.165) is 52.9 Å². The zero-order chi connectivity index (χ0) is 26.2. The van der Waals surface area contributed by atoms with Crippen molar-refractivity contribution >= 4 is 27.4 Å².